The summed E-state index contributed by atoms with van der Waals surface area (Å²) in [6.45, 7) is 8.02. The highest BCUT2D eigenvalue weighted by Gasteiger charge is 2.27. The first-order chi connectivity index (χ1) is 17.6. The van der Waals surface area contributed by atoms with Gasteiger partial charge in [-0.25, -0.2) is 13.2 Å². The maximum atomic E-state index is 13.5. The van der Waals surface area contributed by atoms with E-state index in [1.807, 2.05) is 87.5 Å². The molecule has 5 rings (SSSR count). The lowest BCUT2D eigenvalue weighted by molar-refractivity contribution is 0.0240. The van der Waals surface area contributed by atoms with Crippen LogP contribution in [0.4, 0.5) is 16.2 Å². The monoisotopic (exact) mass is 517 g/mol. The van der Waals surface area contributed by atoms with Crippen molar-refractivity contribution in [3.8, 4) is 0 Å². The molecule has 7 nitrogen and oxygen atoms in total. The van der Waals surface area contributed by atoms with E-state index in [9.17, 15) is 13.2 Å². The summed E-state index contributed by atoms with van der Waals surface area (Å²) in [5.74, 6) is 0. The SMILES string of the molecule is CC(C)(C)OC(=O)N1CCN(c2ccc(NS(=O)(=O)c3cccc4ccccc34)c3ccccc23)CC1. The van der Waals surface area contributed by atoms with Crippen molar-refractivity contribution in [1.29, 1.82) is 0 Å². The standard InChI is InChI=1S/C29H31N3O4S/c1-29(2,3)36-28(33)32-19-17-31(18-20-32)26-16-15-25(23-12-6-7-13-24(23)26)30-37(34,35)27-14-8-10-21-9-4-5-11-22(21)27/h4-16,30H,17-20H2,1-3H3. The number of piperazine rings is 1. The summed E-state index contributed by atoms with van der Waals surface area (Å²) in [7, 11) is -3.82. The number of ether oxygens (including phenoxy) is 1. The molecule has 0 unspecified atom stereocenters. The van der Waals surface area contributed by atoms with Gasteiger partial charge in [0.05, 0.1) is 10.6 Å². The van der Waals surface area contributed by atoms with Crippen molar-refractivity contribution in [2.45, 2.75) is 31.3 Å². The molecule has 1 aliphatic heterocycles. The molecule has 37 heavy (non-hydrogen) atoms. The van der Waals surface area contributed by atoms with Crippen LogP contribution in [0.5, 0.6) is 0 Å². The number of nitrogens with one attached hydrogen (secondary N) is 1. The largest absolute Gasteiger partial charge is 0.444 e. The third-order valence-corrected chi connectivity index (χ3v) is 7.88. The van der Waals surface area contributed by atoms with Gasteiger partial charge in [0.2, 0.25) is 0 Å². The van der Waals surface area contributed by atoms with E-state index in [0.717, 1.165) is 21.8 Å². The topological polar surface area (TPSA) is 79.0 Å². The van der Waals surface area contributed by atoms with E-state index in [0.29, 0.717) is 37.3 Å². The summed E-state index contributed by atoms with van der Waals surface area (Å²) in [6.07, 6.45) is -0.296. The van der Waals surface area contributed by atoms with Gasteiger partial charge in [0.15, 0.2) is 0 Å². The van der Waals surface area contributed by atoms with Gasteiger partial charge in [-0.3, -0.25) is 4.72 Å². The highest BCUT2D eigenvalue weighted by atomic mass is 32.2. The molecule has 1 N–H and O–H groups in total. The maximum absolute atomic E-state index is 13.5. The zero-order valence-corrected chi connectivity index (χ0v) is 22.1. The zero-order chi connectivity index (χ0) is 26.2. The van der Waals surface area contributed by atoms with Crippen LogP contribution in [0.1, 0.15) is 20.8 Å². The van der Waals surface area contributed by atoms with Crippen molar-refractivity contribution in [1.82, 2.24) is 4.90 Å². The highest BCUT2D eigenvalue weighted by Crippen LogP contribution is 2.35. The highest BCUT2D eigenvalue weighted by molar-refractivity contribution is 7.93. The van der Waals surface area contributed by atoms with Crippen LogP contribution in [0.15, 0.2) is 83.8 Å². The average Bonchev–Trinajstić information content (AvgIpc) is 2.87. The number of amides is 1. The molecule has 0 spiro atoms. The molecule has 0 saturated carbocycles. The van der Waals surface area contributed by atoms with Gasteiger partial charge < -0.3 is 14.5 Å². The molecule has 0 bridgehead atoms. The Labute approximate surface area is 217 Å². The van der Waals surface area contributed by atoms with Gasteiger partial charge in [-0.2, -0.15) is 0 Å². The first-order valence-electron chi connectivity index (χ1n) is 12.4. The Hall–Kier alpha value is -3.78. The molecule has 0 atom stereocenters. The number of benzene rings is 4. The molecule has 4 aromatic carbocycles. The van der Waals surface area contributed by atoms with Crippen molar-refractivity contribution in [2.24, 2.45) is 0 Å². The lowest BCUT2D eigenvalue weighted by Crippen LogP contribution is -2.50. The minimum absolute atomic E-state index is 0.247. The van der Waals surface area contributed by atoms with Crippen molar-refractivity contribution in [3.63, 3.8) is 0 Å². The second-order valence-corrected chi connectivity index (χ2v) is 11.9. The Morgan fingerprint density at radius 1 is 0.784 bits per heavy atom. The third-order valence-electron chi connectivity index (χ3n) is 6.46. The fraction of sp³-hybridized carbons (Fsp3) is 0.276. The van der Waals surface area contributed by atoms with E-state index in [1.54, 1.807) is 17.0 Å². The fourth-order valence-electron chi connectivity index (χ4n) is 4.73. The number of hydrogen-bond acceptors (Lipinski definition) is 5. The van der Waals surface area contributed by atoms with Crippen LogP contribution in [0.2, 0.25) is 0 Å². The number of rotatable bonds is 4. The Morgan fingerprint density at radius 2 is 1.41 bits per heavy atom. The van der Waals surface area contributed by atoms with Gasteiger partial charge in [0.25, 0.3) is 10.0 Å². The molecular weight excluding hydrogens is 486 g/mol. The van der Waals surface area contributed by atoms with Crippen LogP contribution >= 0.6 is 0 Å². The predicted molar refractivity (Wildman–Crippen MR) is 149 cm³/mol. The lowest BCUT2D eigenvalue weighted by atomic mass is 10.1. The summed E-state index contributed by atoms with van der Waals surface area (Å²) in [5.41, 5.74) is 1.01. The smallest absolute Gasteiger partial charge is 0.410 e. The van der Waals surface area contributed by atoms with E-state index in [-0.39, 0.29) is 11.0 Å². The molecule has 0 aromatic heterocycles. The molecule has 1 saturated heterocycles. The number of nitrogens with zero attached hydrogens (tertiary/aromatic N) is 2. The molecule has 8 heteroatoms. The fourth-order valence-corrected chi connectivity index (χ4v) is 6.04. The van der Waals surface area contributed by atoms with Crippen LogP contribution in [-0.2, 0) is 14.8 Å². The summed E-state index contributed by atoms with van der Waals surface area (Å²) < 4.78 is 35.3. The molecular formula is C29H31N3O4S. The van der Waals surface area contributed by atoms with E-state index in [1.165, 1.54) is 0 Å². The molecule has 1 fully saturated rings. The quantitative estimate of drug-likeness (QED) is 0.367. The minimum atomic E-state index is -3.82. The number of carbonyl (C=O) groups excluding carboxylic acids is 1. The Bertz CT molecular complexity index is 1560. The molecule has 1 amide bonds. The average molecular weight is 518 g/mol. The minimum Gasteiger partial charge on any atom is -0.444 e. The molecule has 0 radical (unpaired) electrons. The van der Waals surface area contributed by atoms with Crippen LogP contribution in [0.3, 0.4) is 0 Å². The Balaban J connectivity index is 1.41. The lowest BCUT2D eigenvalue weighted by Gasteiger charge is -2.37. The van der Waals surface area contributed by atoms with Crippen LogP contribution in [-0.4, -0.2) is 51.2 Å². The van der Waals surface area contributed by atoms with Gasteiger partial charge in [0, 0.05) is 48.0 Å². The van der Waals surface area contributed by atoms with Gasteiger partial charge >= 0.3 is 6.09 Å². The number of fused-ring (bicyclic) bond motifs is 2. The zero-order valence-electron chi connectivity index (χ0n) is 21.3. The van der Waals surface area contributed by atoms with Crippen molar-refractivity contribution in [2.75, 3.05) is 35.8 Å². The number of hydrogen-bond donors (Lipinski definition) is 1. The summed E-state index contributed by atoms with van der Waals surface area (Å²) >= 11 is 0. The van der Waals surface area contributed by atoms with Gasteiger partial charge in [-0.1, -0.05) is 60.7 Å². The predicted octanol–water partition coefficient (Wildman–Crippen LogP) is 5.85. The number of anilines is 2. The van der Waals surface area contributed by atoms with Gasteiger partial charge in [-0.05, 0) is 44.4 Å². The van der Waals surface area contributed by atoms with Gasteiger partial charge in [0.1, 0.15) is 5.60 Å². The van der Waals surface area contributed by atoms with Crippen LogP contribution in [0.25, 0.3) is 21.5 Å². The van der Waals surface area contributed by atoms with Crippen molar-refractivity contribution in [3.05, 3.63) is 78.9 Å². The third kappa shape index (κ3) is 5.20. The van der Waals surface area contributed by atoms with Gasteiger partial charge in [-0.15, -0.1) is 0 Å². The van der Waals surface area contributed by atoms with Crippen molar-refractivity contribution < 1.29 is 17.9 Å². The Kier molecular flexibility index (Phi) is 6.45. The van der Waals surface area contributed by atoms with Crippen molar-refractivity contribution >= 4 is 49.0 Å². The van der Waals surface area contributed by atoms with E-state index < -0.39 is 15.6 Å². The Morgan fingerprint density at radius 3 is 2.11 bits per heavy atom. The summed E-state index contributed by atoms with van der Waals surface area (Å²) in [6, 6.07) is 24.3. The first-order valence-corrected chi connectivity index (χ1v) is 13.9. The van der Waals surface area contributed by atoms with Crippen LogP contribution in [0, 0.1) is 0 Å². The number of carbonyl (C=O) groups is 1. The van der Waals surface area contributed by atoms with E-state index in [4.69, 9.17) is 4.74 Å². The van der Waals surface area contributed by atoms with Crippen LogP contribution < -0.4 is 9.62 Å². The molecule has 1 aliphatic rings. The second-order valence-electron chi connectivity index (χ2n) is 10.2. The summed E-state index contributed by atoms with van der Waals surface area (Å²) in [5, 5.41) is 3.32. The molecule has 192 valence electrons. The first kappa shape index (κ1) is 24.9. The summed E-state index contributed by atoms with van der Waals surface area (Å²) in [4.78, 5) is 16.7. The molecule has 0 aliphatic carbocycles. The van der Waals surface area contributed by atoms with E-state index in [2.05, 4.69) is 9.62 Å². The second kappa shape index (κ2) is 9.59. The molecule has 1 heterocycles. The maximum Gasteiger partial charge on any atom is 0.410 e. The van der Waals surface area contributed by atoms with E-state index >= 15 is 0 Å². The molecule has 4 aromatic rings. The normalized spacial score (nSPS) is 14.7. The number of sulfonamides is 1.